The van der Waals surface area contributed by atoms with Gasteiger partial charge in [-0.2, -0.15) is 0 Å². The Labute approximate surface area is 137 Å². The van der Waals surface area contributed by atoms with E-state index in [1.54, 1.807) is 0 Å². The highest BCUT2D eigenvalue weighted by atomic mass is 16.2. The van der Waals surface area contributed by atoms with E-state index in [1.165, 1.54) is 11.1 Å². The molecule has 1 aromatic rings. The van der Waals surface area contributed by atoms with Crippen molar-refractivity contribution in [3.8, 4) is 0 Å². The number of nitrogens with one attached hydrogen (secondary N) is 1. The van der Waals surface area contributed by atoms with E-state index in [1.807, 2.05) is 4.90 Å². The predicted molar refractivity (Wildman–Crippen MR) is 87.8 cm³/mol. The summed E-state index contributed by atoms with van der Waals surface area (Å²) in [4.78, 5) is 26.4. The first-order valence-corrected chi connectivity index (χ1v) is 8.78. The zero-order valence-electron chi connectivity index (χ0n) is 13.5. The number of piperidine rings is 1. The van der Waals surface area contributed by atoms with Crippen LogP contribution >= 0.6 is 0 Å². The lowest BCUT2D eigenvalue weighted by molar-refractivity contribution is -0.138. The van der Waals surface area contributed by atoms with Crippen LogP contribution in [0.1, 0.15) is 36.8 Å². The van der Waals surface area contributed by atoms with Crippen molar-refractivity contribution < 1.29 is 9.59 Å². The van der Waals surface area contributed by atoms with Gasteiger partial charge in [0.05, 0.1) is 0 Å². The summed E-state index contributed by atoms with van der Waals surface area (Å²) in [5.74, 6) is 0.641. The molecule has 0 bridgehead atoms. The molecule has 0 radical (unpaired) electrons. The second-order valence-corrected chi connectivity index (χ2v) is 7.49. The fourth-order valence-corrected chi connectivity index (χ4v) is 4.47. The second-order valence-electron chi connectivity index (χ2n) is 7.49. The van der Waals surface area contributed by atoms with Gasteiger partial charge in [0.25, 0.3) is 0 Å². The summed E-state index contributed by atoms with van der Waals surface area (Å²) in [5.41, 5.74) is 2.87. The first-order valence-electron chi connectivity index (χ1n) is 8.78. The van der Waals surface area contributed by atoms with Crippen molar-refractivity contribution in [2.75, 3.05) is 19.6 Å². The normalized spacial score (nSPS) is 26.0. The Kier molecular flexibility index (Phi) is 3.63. The first-order chi connectivity index (χ1) is 11.2. The molecule has 4 heteroatoms. The van der Waals surface area contributed by atoms with E-state index in [-0.39, 0.29) is 17.2 Å². The molecule has 2 aliphatic heterocycles. The van der Waals surface area contributed by atoms with Gasteiger partial charge in [0.1, 0.15) is 0 Å². The molecule has 2 heterocycles. The number of carbonyl (C=O) groups is 2. The number of benzene rings is 1. The van der Waals surface area contributed by atoms with Crippen LogP contribution in [0.3, 0.4) is 0 Å². The number of fused-ring (bicyclic) bond motifs is 1. The van der Waals surface area contributed by atoms with Gasteiger partial charge in [-0.25, -0.2) is 0 Å². The average Bonchev–Trinajstić information content (AvgIpc) is 2.95. The van der Waals surface area contributed by atoms with E-state index in [0.717, 1.165) is 51.7 Å². The number of likely N-dealkylation sites (tertiary alicyclic amines) is 1. The maximum absolute atomic E-state index is 12.9. The predicted octanol–water partition coefficient (Wildman–Crippen LogP) is 1.92. The van der Waals surface area contributed by atoms with Crippen LogP contribution in [0.25, 0.3) is 0 Å². The van der Waals surface area contributed by atoms with Crippen molar-refractivity contribution in [3.05, 3.63) is 35.4 Å². The van der Waals surface area contributed by atoms with Crippen molar-refractivity contribution in [3.63, 3.8) is 0 Å². The summed E-state index contributed by atoms with van der Waals surface area (Å²) in [5, 5.41) is 2.96. The minimum absolute atomic E-state index is 0.118. The molecule has 0 saturated carbocycles. The molecule has 0 aromatic heterocycles. The van der Waals surface area contributed by atoms with E-state index in [9.17, 15) is 9.59 Å². The molecule has 2 saturated heterocycles. The van der Waals surface area contributed by atoms with Crippen LogP contribution in [-0.4, -0.2) is 36.3 Å². The Morgan fingerprint density at radius 3 is 2.61 bits per heavy atom. The van der Waals surface area contributed by atoms with Crippen molar-refractivity contribution >= 4 is 11.8 Å². The largest absolute Gasteiger partial charge is 0.356 e. The van der Waals surface area contributed by atoms with Crippen LogP contribution in [0, 0.1) is 11.3 Å². The number of amides is 2. The lowest BCUT2D eigenvalue weighted by Crippen LogP contribution is -2.46. The number of hydrogen-bond donors (Lipinski definition) is 1. The molecular weight excluding hydrogens is 288 g/mol. The van der Waals surface area contributed by atoms with E-state index >= 15 is 0 Å². The van der Waals surface area contributed by atoms with Crippen molar-refractivity contribution in [1.29, 1.82) is 0 Å². The fourth-order valence-electron chi connectivity index (χ4n) is 4.47. The third kappa shape index (κ3) is 2.75. The Hall–Kier alpha value is -1.84. The maximum atomic E-state index is 12.9. The fraction of sp³-hybridized carbons (Fsp3) is 0.579. The Morgan fingerprint density at radius 2 is 1.91 bits per heavy atom. The lowest BCUT2D eigenvalue weighted by atomic mass is 9.77. The Bertz CT molecular complexity index is 632. The molecule has 23 heavy (non-hydrogen) atoms. The maximum Gasteiger partial charge on any atom is 0.226 e. The second kappa shape index (κ2) is 5.66. The van der Waals surface area contributed by atoms with Gasteiger partial charge in [-0.3, -0.25) is 9.59 Å². The van der Waals surface area contributed by atoms with Gasteiger partial charge in [-0.15, -0.1) is 0 Å². The summed E-state index contributed by atoms with van der Waals surface area (Å²) in [6, 6.07) is 8.50. The molecule has 2 amide bonds. The monoisotopic (exact) mass is 312 g/mol. The number of carbonyl (C=O) groups excluding carboxylic acids is 2. The van der Waals surface area contributed by atoms with E-state index < -0.39 is 0 Å². The molecule has 3 aliphatic rings. The highest BCUT2D eigenvalue weighted by Crippen LogP contribution is 2.38. The van der Waals surface area contributed by atoms with Crippen LogP contribution < -0.4 is 5.32 Å². The standard InChI is InChI=1S/C19H24N2O2/c22-17-12-19(13-20-17)7-9-21(10-8-19)18(23)16-6-5-14-3-1-2-4-15(14)11-16/h1-4,16H,5-13H2,(H,20,22)/t16-/m0/s1. The highest BCUT2D eigenvalue weighted by Gasteiger charge is 2.42. The van der Waals surface area contributed by atoms with E-state index in [2.05, 4.69) is 29.6 Å². The third-order valence-corrected chi connectivity index (χ3v) is 6.03. The van der Waals surface area contributed by atoms with Gasteiger partial charge < -0.3 is 10.2 Å². The summed E-state index contributed by atoms with van der Waals surface area (Å²) in [6.07, 6.45) is 5.43. The molecule has 4 nitrogen and oxygen atoms in total. The Balaban J connectivity index is 1.38. The summed E-state index contributed by atoms with van der Waals surface area (Å²) in [6.45, 7) is 2.42. The molecule has 1 N–H and O–H groups in total. The molecule has 1 atom stereocenters. The van der Waals surface area contributed by atoms with Crippen molar-refractivity contribution in [2.24, 2.45) is 11.3 Å². The lowest BCUT2D eigenvalue weighted by Gasteiger charge is -2.40. The van der Waals surface area contributed by atoms with E-state index in [4.69, 9.17) is 0 Å². The van der Waals surface area contributed by atoms with Crippen LogP contribution in [-0.2, 0) is 22.4 Å². The molecule has 1 spiro atoms. The van der Waals surface area contributed by atoms with Crippen LogP contribution in [0.15, 0.2) is 24.3 Å². The molecule has 0 unspecified atom stereocenters. The third-order valence-electron chi connectivity index (χ3n) is 6.03. The first kappa shape index (κ1) is 14.7. The van der Waals surface area contributed by atoms with Gasteiger partial charge in [-0.05, 0) is 48.6 Å². The SMILES string of the molecule is O=C1CC2(CCN(C(=O)[C@H]3CCc4ccccc4C3)CC2)CN1. The Morgan fingerprint density at radius 1 is 1.17 bits per heavy atom. The summed E-state index contributed by atoms with van der Waals surface area (Å²) in [7, 11) is 0. The summed E-state index contributed by atoms with van der Waals surface area (Å²) >= 11 is 0. The van der Waals surface area contributed by atoms with Crippen LogP contribution in [0.2, 0.25) is 0 Å². The van der Waals surface area contributed by atoms with Crippen LogP contribution in [0.4, 0.5) is 0 Å². The highest BCUT2D eigenvalue weighted by molar-refractivity contribution is 5.81. The van der Waals surface area contributed by atoms with Gasteiger partial charge in [-0.1, -0.05) is 24.3 Å². The average molecular weight is 312 g/mol. The zero-order valence-corrected chi connectivity index (χ0v) is 13.5. The molecule has 4 rings (SSSR count). The van der Waals surface area contributed by atoms with Gasteiger partial charge in [0.15, 0.2) is 0 Å². The number of hydrogen-bond acceptors (Lipinski definition) is 2. The van der Waals surface area contributed by atoms with Gasteiger partial charge >= 0.3 is 0 Å². The number of rotatable bonds is 1. The molecule has 122 valence electrons. The van der Waals surface area contributed by atoms with Crippen molar-refractivity contribution in [1.82, 2.24) is 10.2 Å². The number of aryl methyl sites for hydroxylation is 1. The minimum Gasteiger partial charge on any atom is -0.356 e. The molecule has 1 aliphatic carbocycles. The topological polar surface area (TPSA) is 49.4 Å². The van der Waals surface area contributed by atoms with Crippen molar-refractivity contribution in [2.45, 2.75) is 38.5 Å². The van der Waals surface area contributed by atoms with Gasteiger partial charge in [0.2, 0.25) is 11.8 Å². The quantitative estimate of drug-likeness (QED) is 0.861. The molecule has 1 aromatic carbocycles. The molecular formula is C19H24N2O2. The van der Waals surface area contributed by atoms with Crippen LogP contribution in [0.5, 0.6) is 0 Å². The smallest absolute Gasteiger partial charge is 0.226 e. The van der Waals surface area contributed by atoms with Gasteiger partial charge in [0, 0.05) is 32.0 Å². The zero-order chi connectivity index (χ0) is 15.9. The minimum atomic E-state index is 0.118. The number of nitrogens with zero attached hydrogens (tertiary/aromatic N) is 1. The molecule has 2 fully saturated rings. The summed E-state index contributed by atoms with van der Waals surface area (Å²) < 4.78 is 0. The van der Waals surface area contributed by atoms with E-state index in [0.29, 0.717) is 12.3 Å².